The molecule has 2 heterocycles. The van der Waals surface area contributed by atoms with Gasteiger partial charge in [-0.25, -0.2) is 0 Å². The van der Waals surface area contributed by atoms with Crippen LogP contribution in [0, 0.1) is 10.8 Å². The molecular formula is C32H30N2O5. The largest absolute Gasteiger partial charge is 0.497 e. The fourth-order valence-corrected chi connectivity index (χ4v) is 6.64. The van der Waals surface area contributed by atoms with Crippen molar-refractivity contribution in [1.82, 2.24) is 5.01 Å². The fourth-order valence-electron chi connectivity index (χ4n) is 6.64. The SMILES string of the molecule is COc1ccc([C@@H]2[C@@H](C(=O)C(C)(C)C)N3N=Cc4ccccc4C3C23C(=O)c2ccccc2C3=O)c(OC)c1. The summed E-state index contributed by atoms with van der Waals surface area (Å²) >= 11 is 0. The third-order valence-corrected chi connectivity index (χ3v) is 8.36. The molecule has 7 nitrogen and oxygen atoms in total. The van der Waals surface area contributed by atoms with Gasteiger partial charge in [0.15, 0.2) is 17.3 Å². The first-order chi connectivity index (χ1) is 18.7. The standard InChI is InChI=1S/C32H30N2O5/c1-31(2,3)30(37)26-25(23-15-14-19(38-4)16-24(23)39-5)32(28(35)21-12-8-9-13-22(21)29(32)36)27-20-11-7-6-10-18(20)17-33-34(26)27/h6-17,25-27H,1-5H3/t25-,26+,27?/m1/s1. The van der Waals surface area contributed by atoms with Crippen LogP contribution in [0.4, 0.5) is 0 Å². The summed E-state index contributed by atoms with van der Waals surface area (Å²) in [5.74, 6) is -0.561. The highest BCUT2D eigenvalue weighted by atomic mass is 16.5. The minimum atomic E-state index is -1.63. The van der Waals surface area contributed by atoms with Crippen molar-refractivity contribution in [2.75, 3.05) is 14.2 Å². The van der Waals surface area contributed by atoms with Crippen LogP contribution in [0.15, 0.2) is 71.8 Å². The molecule has 1 spiro atoms. The Morgan fingerprint density at radius 3 is 2.13 bits per heavy atom. The molecule has 1 saturated heterocycles. The summed E-state index contributed by atoms with van der Waals surface area (Å²) in [4.78, 5) is 43.9. The highest BCUT2D eigenvalue weighted by Gasteiger charge is 2.73. The maximum atomic E-state index is 14.7. The van der Waals surface area contributed by atoms with Crippen molar-refractivity contribution in [3.63, 3.8) is 0 Å². The van der Waals surface area contributed by atoms with E-state index in [9.17, 15) is 14.4 Å². The smallest absolute Gasteiger partial charge is 0.180 e. The Balaban J connectivity index is 1.73. The molecule has 1 unspecified atom stereocenters. The molecule has 3 atom stereocenters. The van der Waals surface area contributed by atoms with E-state index in [1.807, 2.05) is 51.1 Å². The lowest BCUT2D eigenvalue weighted by atomic mass is 9.62. The number of carbonyl (C=O) groups excluding carboxylic acids is 3. The number of methoxy groups -OCH3 is 2. The maximum Gasteiger partial charge on any atom is 0.180 e. The van der Waals surface area contributed by atoms with Gasteiger partial charge in [-0.2, -0.15) is 5.10 Å². The molecule has 1 aliphatic carbocycles. The Morgan fingerprint density at radius 1 is 0.872 bits per heavy atom. The van der Waals surface area contributed by atoms with E-state index >= 15 is 0 Å². The lowest BCUT2D eigenvalue weighted by Crippen LogP contribution is -2.45. The topological polar surface area (TPSA) is 85.3 Å². The molecule has 0 amide bonds. The van der Waals surface area contributed by atoms with Gasteiger partial charge < -0.3 is 9.47 Å². The molecule has 3 aromatic carbocycles. The summed E-state index contributed by atoms with van der Waals surface area (Å²) in [6, 6.07) is 18.2. The first kappa shape index (κ1) is 25.0. The average Bonchev–Trinajstić information content (AvgIpc) is 3.37. The predicted octanol–water partition coefficient (Wildman–Crippen LogP) is 5.24. The lowest BCUT2D eigenvalue weighted by Gasteiger charge is -2.36. The molecule has 0 bridgehead atoms. The van der Waals surface area contributed by atoms with Crippen molar-refractivity contribution < 1.29 is 23.9 Å². The molecule has 3 aromatic rings. The highest BCUT2D eigenvalue weighted by molar-refractivity contribution is 6.31. The van der Waals surface area contributed by atoms with Gasteiger partial charge in [0.25, 0.3) is 0 Å². The molecule has 3 aliphatic rings. The van der Waals surface area contributed by atoms with Crippen molar-refractivity contribution in [3.8, 4) is 11.5 Å². The first-order valence-corrected chi connectivity index (χ1v) is 13.0. The Labute approximate surface area is 227 Å². The van der Waals surface area contributed by atoms with Crippen molar-refractivity contribution in [1.29, 1.82) is 0 Å². The van der Waals surface area contributed by atoms with Crippen molar-refractivity contribution >= 4 is 23.6 Å². The Morgan fingerprint density at radius 2 is 1.51 bits per heavy atom. The van der Waals surface area contributed by atoms with Crippen LogP contribution >= 0.6 is 0 Å². The van der Waals surface area contributed by atoms with Gasteiger partial charge in [0.1, 0.15) is 23.0 Å². The molecule has 0 N–H and O–H groups in total. The van der Waals surface area contributed by atoms with E-state index in [0.29, 0.717) is 28.2 Å². The van der Waals surface area contributed by atoms with E-state index < -0.39 is 28.8 Å². The Bertz CT molecular complexity index is 1530. The highest BCUT2D eigenvalue weighted by Crippen LogP contribution is 2.66. The minimum Gasteiger partial charge on any atom is -0.497 e. The van der Waals surface area contributed by atoms with Crippen LogP contribution in [-0.2, 0) is 4.79 Å². The molecule has 0 radical (unpaired) electrons. The molecule has 2 aliphatic heterocycles. The number of benzene rings is 3. The summed E-state index contributed by atoms with van der Waals surface area (Å²) in [5, 5.41) is 6.50. The Hall–Kier alpha value is -4.26. The van der Waals surface area contributed by atoms with E-state index in [1.54, 1.807) is 54.7 Å². The van der Waals surface area contributed by atoms with Gasteiger partial charge in [0.2, 0.25) is 0 Å². The number of ether oxygens (including phenoxy) is 2. The number of ketones is 3. The second kappa shape index (κ2) is 8.63. The van der Waals surface area contributed by atoms with E-state index in [0.717, 1.165) is 11.1 Å². The lowest BCUT2D eigenvalue weighted by molar-refractivity contribution is -0.131. The second-order valence-electron chi connectivity index (χ2n) is 11.4. The van der Waals surface area contributed by atoms with Crippen molar-refractivity contribution in [2.45, 2.75) is 38.8 Å². The molecular weight excluding hydrogens is 492 g/mol. The quantitative estimate of drug-likeness (QED) is 0.436. The first-order valence-electron chi connectivity index (χ1n) is 13.0. The number of hydrazone groups is 1. The van der Waals surface area contributed by atoms with Crippen LogP contribution in [0.25, 0.3) is 0 Å². The summed E-state index contributed by atoms with van der Waals surface area (Å²) in [7, 11) is 3.10. The van der Waals surface area contributed by atoms with E-state index in [4.69, 9.17) is 14.6 Å². The van der Waals surface area contributed by atoms with Gasteiger partial charge in [0, 0.05) is 34.1 Å². The molecule has 6 rings (SSSR count). The van der Waals surface area contributed by atoms with Crippen LogP contribution in [0.1, 0.15) is 70.1 Å². The van der Waals surface area contributed by atoms with Crippen LogP contribution in [0.2, 0.25) is 0 Å². The summed E-state index contributed by atoms with van der Waals surface area (Å²) in [5.41, 5.74) is 0.542. The number of fused-ring (bicyclic) bond motifs is 5. The Kier molecular flexibility index (Phi) is 5.54. The fraction of sp³-hybridized carbons (Fsp3) is 0.312. The van der Waals surface area contributed by atoms with Gasteiger partial charge in [-0.3, -0.25) is 19.4 Å². The van der Waals surface area contributed by atoms with Crippen molar-refractivity contribution in [2.24, 2.45) is 15.9 Å². The van der Waals surface area contributed by atoms with Crippen LogP contribution in [-0.4, -0.2) is 48.8 Å². The molecule has 39 heavy (non-hydrogen) atoms. The molecule has 198 valence electrons. The molecule has 1 fully saturated rings. The number of rotatable bonds is 4. The molecule has 7 heteroatoms. The zero-order valence-electron chi connectivity index (χ0n) is 22.6. The molecule has 0 aromatic heterocycles. The summed E-state index contributed by atoms with van der Waals surface area (Å²) < 4.78 is 11.3. The third-order valence-electron chi connectivity index (χ3n) is 8.36. The van der Waals surface area contributed by atoms with Crippen LogP contribution in [0.3, 0.4) is 0 Å². The number of hydrogen-bond donors (Lipinski definition) is 0. The number of carbonyl (C=O) groups is 3. The number of hydrogen-bond acceptors (Lipinski definition) is 7. The third kappa shape index (κ3) is 3.28. The van der Waals surface area contributed by atoms with Gasteiger partial charge in [-0.05, 0) is 17.2 Å². The summed E-state index contributed by atoms with van der Waals surface area (Å²) in [6.45, 7) is 5.56. The second-order valence-corrected chi connectivity index (χ2v) is 11.4. The molecule has 0 saturated carbocycles. The van der Waals surface area contributed by atoms with E-state index in [-0.39, 0.29) is 17.3 Å². The van der Waals surface area contributed by atoms with E-state index in [1.165, 1.54) is 7.11 Å². The zero-order valence-corrected chi connectivity index (χ0v) is 22.6. The number of nitrogens with zero attached hydrogens (tertiary/aromatic N) is 2. The predicted molar refractivity (Wildman–Crippen MR) is 147 cm³/mol. The van der Waals surface area contributed by atoms with Gasteiger partial charge in [-0.15, -0.1) is 0 Å². The normalized spacial score (nSPS) is 22.5. The van der Waals surface area contributed by atoms with Gasteiger partial charge in [0.05, 0.1) is 26.5 Å². The van der Waals surface area contributed by atoms with Crippen LogP contribution < -0.4 is 9.47 Å². The van der Waals surface area contributed by atoms with Crippen LogP contribution in [0.5, 0.6) is 11.5 Å². The zero-order chi connectivity index (χ0) is 27.7. The van der Waals surface area contributed by atoms with Gasteiger partial charge >= 0.3 is 0 Å². The average molecular weight is 523 g/mol. The minimum absolute atomic E-state index is 0.111. The van der Waals surface area contributed by atoms with E-state index in [2.05, 4.69) is 0 Å². The maximum absolute atomic E-state index is 14.7. The van der Waals surface area contributed by atoms with Crippen molar-refractivity contribution in [3.05, 3.63) is 94.5 Å². The summed E-state index contributed by atoms with van der Waals surface area (Å²) in [6.07, 6.45) is 1.72. The van der Waals surface area contributed by atoms with Gasteiger partial charge in [-0.1, -0.05) is 75.4 Å². The number of Topliss-reactive ketones (excluding diaryl/α,β-unsaturated/α-hetero) is 3. The monoisotopic (exact) mass is 522 g/mol.